The van der Waals surface area contributed by atoms with Crippen LogP contribution in [0.2, 0.25) is 10.0 Å². The van der Waals surface area contributed by atoms with E-state index in [1.807, 2.05) is 6.08 Å². The molecule has 0 saturated carbocycles. The smallest absolute Gasteiger partial charge is 0.0639 e. The molecule has 3 N–H and O–H groups in total. The van der Waals surface area contributed by atoms with E-state index in [1.165, 1.54) is 0 Å². The summed E-state index contributed by atoms with van der Waals surface area (Å²) in [6, 6.07) is 3.34. The normalized spacial score (nSPS) is 10.2. The number of nitrogens with one attached hydrogen (secondary N) is 1. The van der Waals surface area contributed by atoms with Gasteiger partial charge >= 0.3 is 0 Å². The quantitative estimate of drug-likeness (QED) is 0.454. The van der Waals surface area contributed by atoms with Crippen molar-refractivity contribution in [3.05, 3.63) is 34.8 Å². The van der Waals surface area contributed by atoms with Crippen molar-refractivity contribution >= 4 is 34.6 Å². The summed E-state index contributed by atoms with van der Waals surface area (Å²) in [6.45, 7) is 5.57. The van der Waals surface area contributed by atoms with Gasteiger partial charge in [-0.3, -0.25) is 0 Å². The van der Waals surface area contributed by atoms with Gasteiger partial charge in [0.05, 0.1) is 34.6 Å². The molecule has 0 unspecified atom stereocenters. The van der Waals surface area contributed by atoms with Crippen LogP contribution in [0, 0.1) is 0 Å². The molecule has 0 heterocycles. The Hall–Kier alpha value is -0.900. The summed E-state index contributed by atoms with van der Waals surface area (Å²) >= 11 is 11.7. The minimum absolute atomic E-state index is 0.456. The van der Waals surface area contributed by atoms with Gasteiger partial charge in [-0.25, -0.2) is 0 Å². The van der Waals surface area contributed by atoms with Crippen molar-refractivity contribution in [2.45, 2.75) is 6.42 Å². The lowest BCUT2D eigenvalue weighted by molar-refractivity contribution is 0.149. The Morgan fingerprint density at radius 2 is 2.00 bits per heavy atom. The molecule has 3 nitrogen and oxygen atoms in total. The number of hydrogen-bond acceptors (Lipinski definition) is 3. The first-order chi connectivity index (χ1) is 8.15. The van der Waals surface area contributed by atoms with Crippen LogP contribution in [-0.2, 0) is 4.74 Å². The highest BCUT2D eigenvalue weighted by atomic mass is 35.5. The Morgan fingerprint density at radius 1 is 1.29 bits per heavy atom. The van der Waals surface area contributed by atoms with Crippen LogP contribution in [0.1, 0.15) is 6.42 Å². The Labute approximate surface area is 112 Å². The molecule has 0 bridgehead atoms. The van der Waals surface area contributed by atoms with E-state index in [2.05, 4.69) is 11.9 Å². The maximum atomic E-state index is 5.90. The third-order valence-corrected chi connectivity index (χ3v) is 2.84. The fraction of sp³-hybridized carbons (Fsp3) is 0.333. The first-order valence-corrected chi connectivity index (χ1v) is 6.07. The van der Waals surface area contributed by atoms with Crippen molar-refractivity contribution in [3.63, 3.8) is 0 Å². The summed E-state index contributed by atoms with van der Waals surface area (Å²) in [4.78, 5) is 0. The van der Waals surface area contributed by atoms with Gasteiger partial charge in [0.2, 0.25) is 0 Å². The summed E-state index contributed by atoms with van der Waals surface area (Å²) in [5.74, 6) is 0. The average Bonchev–Trinajstić information content (AvgIpc) is 2.30. The van der Waals surface area contributed by atoms with Gasteiger partial charge in [-0.15, -0.1) is 6.58 Å². The van der Waals surface area contributed by atoms with Gasteiger partial charge in [0.15, 0.2) is 0 Å². The monoisotopic (exact) mass is 274 g/mol. The lowest BCUT2D eigenvalue weighted by atomic mass is 10.2. The second-order valence-corrected chi connectivity index (χ2v) is 4.28. The van der Waals surface area contributed by atoms with E-state index in [0.29, 0.717) is 35.5 Å². The van der Waals surface area contributed by atoms with Crippen molar-refractivity contribution in [1.82, 2.24) is 0 Å². The summed E-state index contributed by atoms with van der Waals surface area (Å²) in [6.07, 6.45) is 2.68. The van der Waals surface area contributed by atoms with E-state index in [0.717, 1.165) is 12.1 Å². The van der Waals surface area contributed by atoms with Crippen LogP contribution in [0.5, 0.6) is 0 Å². The number of nitrogen functional groups attached to an aromatic ring is 1. The van der Waals surface area contributed by atoms with Gasteiger partial charge in [-0.2, -0.15) is 0 Å². The number of benzene rings is 1. The molecule has 0 fully saturated rings. The van der Waals surface area contributed by atoms with Gasteiger partial charge in [0.1, 0.15) is 0 Å². The SMILES string of the molecule is C=CCCOCCNc1cc(Cl)c(Cl)cc1N. The zero-order valence-corrected chi connectivity index (χ0v) is 11.0. The highest BCUT2D eigenvalue weighted by Gasteiger charge is 2.04. The number of anilines is 2. The molecule has 0 aliphatic heterocycles. The zero-order chi connectivity index (χ0) is 12.7. The van der Waals surface area contributed by atoms with Gasteiger partial charge in [0.25, 0.3) is 0 Å². The lowest BCUT2D eigenvalue weighted by Crippen LogP contribution is -2.11. The van der Waals surface area contributed by atoms with Crippen LogP contribution in [0.15, 0.2) is 24.8 Å². The molecular weight excluding hydrogens is 259 g/mol. The average molecular weight is 275 g/mol. The molecule has 5 heteroatoms. The van der Waals surface area contributed by atoms with E-state index in [-0.39, 0.29) is 0 Å². The van der Waals surface area contributed by atoms with E-state index < -0.39 is 0 Å². The van der Waals surface area contributed by atoms with Crippen molar-refractivity contribution in [1.29, 1.82) is 0 Å². The van der Waals surface area contributed by atoms with E-state index in [4.69, 9.17) is 33.7 Å². The topological polar surface area (TPSA) is 47.3 Å². The number of halogens is 2. The summed E-state index contributed by atoms with van der Waals surface area (Å²) in [7, 11) is 0. The Kier molecular flexibility index (Phi) is 6.19. The van der Waals surface area contributed by atoms with Crippen molar-refractivity contribution in [3.8, 4) is 0 Å². The van der Waals surface area contributed by atoms with Gasteiger partial charge in [-0.1, -0.05) is 29.3 Å². The number of hydrogen-bond donors (Lipinski definition) is 2. The van der Waals surface area contributed by atoms with Crippen LogP contribution in [0.4, 0.5) is 11.4 Å². The summed E-state index contributed by atoms with van der Waals surface area (Å²) in [5, 5.41) is 4.08. The molecule has 0 aliphatic carbocycles. The molecule has 1 aromatic carbocycles. The predicted octanol–water partition coefficient (Wildman–Crippen LogP) is 3.58. The first-order valence-electron chi connectivity index (χ1n) is 5.32. The van der Waals surface area contributed by atoms with Gasteiger partial charge < -0.3 is 15.8 Å². The fourth-order valence-electron chi connectivity index (χ4n) is 1.24. The molecule has 0 amide bonds. The third kappa shape index (κ3) is 4.86. The molecule has 94 valence electrons. The molecule has 0 atom stereocenters. The summed E-state index contributed by atoms with van der Waals surface area (Å²) < 4.78 is 5.36. The molecule has 0 aliphatic rings. The number of ether oxygens (including phenoxy) is 1. The molecule has 17 heavy (non-hydrogen) atoms. The maximum Gasteiger partial charge on any atom is 0.0639 e. The zero-order valence-electron chi connectivity index (χ0n) is 9.51. The summed E-state index contributed by atoms with van der Waals surface area (Å²) in [5.41, 5.74) is 7.14. The van der Waals surface area contributed by atoms with Crippen LogP contribution in [-0.4, -0.2) is 19.8 Å². The first kappa shape index (κ1) is 14.2. The van der Waals surface area contributed by atoms with Crippen molar-refractivity contribution in [2.24, 2.45) is 0 Å². The standard InChI is InChI=1S/C12H16Cl2N2O/c1-2-3-5-17-6-4-16-12-8-10(14)9(13)7-11(12)15/h2,7-8,16H,1,3-6,15H2. The van der Waals surface area contributed by atoms with Crippen LogP contribution in [0.25, 0.3) is 0 Å². The van der Waals surface area contributed by atoms with Crippen molar-refractivity contribution in [2.75, 3.05) is 30.8 Å². The molecule has 1 aromatic rings. The highest BCUT2D eigenvalue weighted by molar-refractivity contribution is 6.42. The van der Waals surface area contributed by atoms with Crippen LogP contribution in [0.3, 0.4) is 0 Å². The molecule has 0 aromatic heterocycles. The molecule has 0 spiro atoms. The highest BCUT2D eigenvalue weighted by Crippen LogP contribution is 2.30. The molecule has 1 rings (SSSR count). The fourth-order valence-corrected chi connectivity index (χ4v) is 1.58. The van der Waals surface area contributed by atoms with E-state index in [9.17, 15) is 0 Å². The van der Waals surface area contributed by atoms with E-state index >= 15 is 0 Å². The number of rotatable bonds is 7. The molecule has 0 radical (unpaired) electrons. The second kappa shape index (κ2) is 7.43. The second-order valence-electron chi connectivity index (χ2n) is 3.47. The predicted molar refractivity (Wildman–Crippen MR) is 75.0 cm³/mol. The van der Waals surface area contributed by atoms with Gasteiger partial charge in [0, 0.05) is 6.54 Å². The largest absolute Gasteiger partial charge is 0.397 e. The molecular formula is C12H16Cl2N2O. The van der Waals surface area contributed by atoms with Gasteiger partial charge in [-0.05, 0) is 18.6 Å². The van der Waals surface area contributed by atoms with E-state index in [1.54, 1.807) is 12.1 Å². The minimum Gasteiger partial charge on any atom is -0.397 e. The maximum absolute atomic E-state index is 5.90. The third-order valence-electron chi connectivity index (χ3n) is 2.12. The Bertz CT molecular complexity index is 383. The number of nitrogens with two attached hydrogens (primary N) is 1. The van der Waals surface area contributed by atoms with Crippen molar-refractivity contribution < 1.29 is 4.74 Å². The van der Waals surface area contributed by atoms with Crippen LogP contribution < -0.4 is 11.1 Å². The Balaban J connectivity index is 2.36. The Morgan fingerprint density at radius 3 is 2.71 bits per heavy atom. The van der Waals surface area contributed by atoms with Crippen LogP contribution >= 0.6 is 23.2 Å². The molecule has 0 saturated heterocycles. The lowest BCUT2D eigenvalue weighted by Gasteiger charge is -2.10. The minimum atomic E-state index is 0.456.